The number of hydrogen-bond acceptors (Lipinski definition) is 2. The Labute approximate surface area is 165 Å². The first-order valence-electron chi connectivity index (χ1n) is 11.5. The van der Waals surface area contributed by atoms with Crippen molar-refractivity contribution < 1.29 is 14.4 Å². The van der Waals surface area contributed by atoms with Gasteiger partial charge in [-0.15, -0.1) is 0 Å². The molecule has 0 heterocycles. The molecule has 0 bridgehead atoms. The fourth-order valence-electron chi connectivity index (χ4n) is 3.63. The van der Waals surface area contributed by atoms with Crippen LogP contribution in [0.4, 0.5) is 0 Å². The number of carbonyl (C=O) groups is 1. The topological polar surface area (TPSA) is 40.1 Å². The number of nitrogens with zero attached hydrogens (tertiary/aromatic N) is 1. The molecule has 0 aliphatic carbocycles. The number of rotatable bonds is 18. The average molecular weight is 372 g/mol. The van der Waals surface area contributed by atoms with Gasteiger partial charge >= 0.3 is 0 Å². The quantitative estimate of drug-likeness (QED) is 0.176. The van der Waals surface area contributed by atoms with Crippen LogP contribution in [0, 0.1) is 0 Å². The van der Waals surface area contributed by atoms with Crippen molar-refractivity contribution in [2.45, 2.75) is 117 Å². The molecule has 3 nitrogen and oxygen atoms in total. The average Bonchev–Trinajstić information content (AvgIpc) is 2.62. The molecule has 0 aromatic heterocycles. The Morgan fingerprint density at radius 3 is 1.04 bits per heavy atom. The Morgan fingerprint density at radius 2 is 0.808 bits per heavy atom. The zero-order valence-electron chi connectivity index (χ0n) is 18.6. The Kier molecular flexibility index (Phi) is 23.9. The lowest BCUT2D eigenvalue weighted by atomic mass is 10.1. The van der Waals surface area contributed by atoms with Gasteiger partial charge in [-0.05, 0) is 38.5 Å². The summed E-state index contributed by atoms with van der Waals surface area (Å²) in [4.78, 5) is 8.25. The van der Waals surface area contributed by atoms with Gasteiger partial charge in [-0.3, -0.25) is 0 Å². The van der Waals surface area contributed by atoms with Crippen LogP contribution in [-0.4, -0.2) is 37.6 Å². The molecular formula is C23H49NO2. The van der Waals surface area contributed by atoms with Crippen LogP contribution in [0.3, 0.4) is 0 Å². The smallest absolute Gasteiger partial charge is 0.0784 e. The van der Waals surface area contributed by atoms with Gasteiger partial charge in [0.25, 0.3) is 0 Å². The maximum Gasteiger partial charge on any atom is 0.0784 e. The zero-order chi connectivity index (χ0) is 19.9. The lowest BCUT2D eigenvalue weighted by Gasteiger charge is -2.35. The lowest BCUT2D eigenvalue weighted by molar-refractivity contribution is -0.910. The van der Waals surface area contributed by atoms with Crippen molar-refractivity contribution in [1.82, 2.24) is 0 Å². The largest absolute Gasteiger partial charge is 0.554 e. The van der Waals surface area contributed by atoms with Gasteiger partial charge in [-0.25, -0.2) is 0 Å². The number of quaternary nitrogens is 1. The SMILES string of the molecule is CCCCCCC[N+](C)(CCCCCCC)CCCCCCC.O=C[O-]. The summed E-state index contributed by atoms with van der Waals surface area (Å²) in [5.74, 6) is 0. The third kappa shape index (κ3) is 21.5. The third-order valence-corrected chi connectivity index (χ3v) is 5.40. The summed E-state index contributed by atoms with van der Waals surface area (Å²) in [6.45, 7) is 10.7. The van der Waals surface area contributed by atoms with Gasteiger partial charge in [0.1, 0.15) is 0 Å². The van der Waals surface area contributed by atoms with Gasteiger partial charge < -0.3 is 14.4 Å². The van der Waals surface area contributed by atoms with E-state index in [1.807, 2.05) is 0 Å². The van der Waals surface area contributed by atoms with Crippen molar-refractivity contribution in [3.63, 3.8) is 0 Å². The van der Waals surface area contributed by atoms with Crippen LogP contribution in [0.1, 0.15) is 117 Å². The number of unbranched alkanes of at least 4 members (excludes halogenated alkanes) is 12. The zero-order valence-corrected chi connectivity index (χ0v) is 18.6. The predicted octanol–water partition coefficient (Wildman–Crippen LogP) is 5.71. The Hall–Kier alpha value is -0.570. The fourth-order valence-corrected chi connectivity index (χ4v) is 3.63. The van der Waals surface area contributed by atoms with Crippen molar-refractivity contribution in [1.29, 1.82) is 0 Å². The molecule has 0 N–H and O–H groups in total. The maximum absolute atomic E-state index is 8.25. The molecule has 0 aliphatic rings. The molecule has 0 aromatic rings. The summed E-state index contributed by atoms with van der Waals surface area (Å²) < 4.78 is 1.35. The predicted molar refractivity (Wildman–Crippen MR) is 113 cm³/mol. The van der Waals surface area contributed by atoms with Crippen molar-refractivity contribution in [3.05, 3.63) is 0 Å². The van der Waals surface area contributed by atoms with Crippen molar-refractivity contribution in [2.75, 3.05) is 26.7 Å². The second kappa shape index (κ2) is 22.5. The van der Waals surface area contributed by atoms with Gasteiger partial charge in [0, 0.05) is 6.47 Å². The Morgan fingerprint density at radius 1 is 0.577 bits per heavy atom. The monoisotopic (exact) mass is 371 g/mol. The normalized spacial score (nSPS) is 11.1. The number of carboxylic acid groups (broad SMARTS) is 1. The molecule has 0 atom stereocenters. The van der Waals surface area contributed by atoms with Crippen LogP contribution >= 0.6 is 0 Å². The standard InChI is InChI=1S/C22H48N.CH2O2/c1-5-8-11-14-17-20-23(4,21-18-15-12-9-6-2)22-19-16-13-10-7-3;2-1-3/h5-22H2,1-4H3;1H,(H,2,3)/q+1;/p-1. The highest BCUT2D eigenvalue weighted by Gasteiger charge is 2.19. The van der Waals surface area contributed by atoms with Crippen LogP contribution < -0.4 is 5.11 Å². The minimum atomic E-state index is -0.500. The van der Waals surface area contributed by atoms with E-state index in [1.54, 1.807) is 0 Å². The molecule has 0 radical (unpaired) electrons. The molecular weight excluding hydrogens is 322 g/mol. The number of carbonyl (C=O) groups excluding carboxylic acids is 1. The van der Waals surface area contributed by atoms with Gasteiger partial charge in [-0.2, -0.15) is 0 Å². The van der Waals surface area contributed by atoms with E-state index >= 15 is 0 Å². The first-order chi connectivity index (χ1) is 12.6. The Bertz CT molecular complexity index is 233. The first kappa shape index (κ1) is 27.6. The molecule has 26 heavy (non-hydrogen) atoms. The van der Waals surface area contributed by atoms with E-state index in [4.69, 9.17) is 9.90 Å². The summed E-state index contributed by atoms with van der Waals surface area (Å²) >= 11 is 0. The first-order valence-corrected chi connectivity index (χ1v) is 11.5. The highest BCUT2D eigenvalue weighted by Crippen LogP contribution is 2.15. The summed E-state index contributed by atoms with van der Waals surface area (Å²) in [5, 5.41) is 8.25. The Balaban J connectivity index is 0. The minimum Gasteiger partial charge on any atom is -0.554 e. The van der Waals surface area contributed by atoms with E-state index in [-0.39, 0.29) is 0 Å². The van der Waals surface area contributed by atoms with Crippen LogP contribution in [0.15, 0.2) is 0 Å². The van der Waals surface area contributed by atoms with E-state index < -0.39 is 6.47 Å². The van der Waals surface area contributed by atoms with Crippen molar-refractivity contribution >= 4 is 6.47 Å². The highest BCUT2D eigenvalue weighted by molar-refractivity contribution is 5.29. The van der Waals surface area contributed by atoms with E-state index in [0.29, 0.717) is 0 Å². The van der Waals surface area contributed by atoms with E-state index in [0.717, 1.165) is 0 Å². The van der Waals surface area contributed by atoms with Crippen LogP contribution in [0.2, 0.25) is 0 Å². The molecule has 0 aliphatic heterocycles. The summed E-state index contributed by atoms with van der Waals surface area (Å²) in [7, 11) is 2.54. The van der Waals surface area contributed by atoms with E-state index in [1.165, 1.54) is 120 Å². The maximum atomic E-state index is 8.25. The van der Waals surface area contributed by atoms with Gasteiger partial charge in [0.2, 0.25) is 0 Å². The van der Waals surface area contributed by atoms with Gasteiger partial charge in [0.15, 0.2) is 0 Å². The molecule has 0 saturated carbocycles. The lowest BCUT2D eigenvalue weighted by Crippen LogP contribution is -2.46. The third-order valence-electron chi connectivity index (χ3n) is 5.40. The number of hydrogen-bond donors (Lipinski definition) is 0. The van der Waals surface area contributed by atoms with Crippen LogP contribution in [0.25, 0.3) is 0 Å². The highest BCUT2D eigenvalue weighted by atomic mass is 16.3. The van der Waals surface area contributed by atoms with Gasteiger partial charge in [0.05, 0.1) is 26.7 Å². The summed E-state index contributed by atoms with van der Waals surface area (Å²) in [5.41, 5.74) is 0. The molecule has 0 spiro atoms. The second-order valence-electron chi connectivity index (χ2n) is 8.13. The molecule has 0 amide bonds. The molecule has 0 aromatic carbocycles. The molecule has 0 fully saturated rings. The van der Waals surface area contributed by atoms with Crippen molar-refractivity contribution in [3.8, 4) is 0 Å². The van der Waals surface area contributed by atoms with E-state index in [9.17, 15) is 0 Å². The molecule has 0 rings (SSSR count). The molecule has 0 unspecified atom stereocenters. The van der Waals surface area contributed by atoms with Crippen molar-refractivity contribution in [2.24, 2.45) is 0 Å². The van der Waals surface area contributed by atoms with Gasteiger partial charge in [-0.1, -0.05) is 78.6 Å². The molecule has 158 valence electrons. The van der Waals surface area contributed by atoms with Crippen LogP contribution in [-0.2, 0) is 4.79 Å². The van der Waals surface area contributed by atoms with E-state index in [2.05, 4.69) is 27.8 Å². The molecule has 0 saturated heterocycles. The molecule has 3 heteroatoms. The summed E-state index contributed by atoms with van der Waals surface area (Å²) in [6, 6.07) is 0. The fraction of sp³-hybridized carbons (Fsp3) is 0.957. The van der Waals surface area contributed by atoms with Crippen LogP contribution in [0.5, 0.6) is 0 Å². The summed E-state index contributed by atoms with van der Waals surface area (Å²) in [6.07, 6.45) is 21.4. The minimum absolute atomic E-state index is 0.500. The second-order valence-corrected chi connectivity index (χ2v) is 8.13.